The molecule has 0 aliphatic heterocycles. The first-order valence-corrected chi connectivity index (χ1v) is 6.72. The van der Waals surface area contributed by atoms with E-state index in [1.807, 2.05) is 0 Å². The topological polar surface area (TPSA) is 35.2 Å². The predicted molar refractivity (Wildman–Crippen MR) is 69.2 cm³/mol. The third kappa shape index (κ3) is 2.58. The molecule has 1 aromatic rings. The number of halogens is 3. The van der Waals surface area contributed by atoms with Crippen LogP contribution in [0.3, 0.4) is 0 Å². The molecule has 1 unspecified atom stereocenters. The third-order valence-electron chi connectivity index (χ3n) is 3.73. The standard InChI is InChI=1S/C13H16BrF2NO/c1-18-13(3-2-4-13)7-12(17)8-5-11(16)9(14)6-10(8)15/h5-6,12H,2-4,7,17H2,1H3. The summed E-state index contributed by atoms with van der Waals surface area (Å²) in [5.74, 6) is -0.983. The lowest BCUT2D eigenvalue weighted by molar-refractivity contribution is -0.0818. The molecule has 0 saturated heterocycles. The van der Waals surface area contributed by atoms with Crippen LogP contribution in [0.15, 0.2) is 16.6 Å². The van der Waals surface area contributed by atoms with Crippen molar-refractivity contribution in [2.24, 2.45) is 5.73 Å². The number of ether oxygens (including phenoxy) is 1. The Hall–Kier alpha value is -0.520. The predicted octanol–water partition coefficient (Wildman–Crippen LogP) is 3.69. The van der Waals surface area contributed by atoms with Crippen LogP contribution in [0.2, 0.25) is 0 Å². The fourth-order valence-electron chi connectivity index (χ4n) is 2.40. The van der Waals surface area contributed by atoms with Crippen LogP contribution < -0.4 is 5.73 Å². The van der Waals surface area contributed by atoms with E-state index in [0.717, 1.165) is 31.4 Å². The molecular formula is C13H16BrF2NO. The van der Waals surface area contributed by atoms with Gasteiger partial charge in [-0.1, -0.05) is 0 Å². The zero-order valence-electron chi connectivity index (χ0n) is 10.2. The summed E-state index contributed by atoms with van der Waals surface area (Å²) in [5.41, 5.74) is 5.94. The van der Waals surface area contributed by atoms with E-state index in [9.17, 15) is 8.78 Å². The van der Waals surface area contributed by atoms with Crippen LogP contribution in [0, 0.1) is 11.6 Å². The Labute approximate surface area is 114 Å². The summed E-state index contributed by atoms with van der Waals surface area (Å²) in [6.07, 6.45) is 3.47. The fourth-order valence-corrected chi connectivity index (χ4v) is 2.71. The minimum atomic E-state index is -0.548. The molecule has 1 aliphatic rings. The van der Waals surface area contributed by atoms with Gasteiger partial charge in [0.25, 0.3) is 0 Å². The maximum atomic E-state index is 13.8. The average molecular weight is 320 g/mol. The van der Waals surface area contributed by atoms with Gasteiger partial charge in [-0.15, -0.1) is 0 Å². The Morgan fingerprint density at radius 3 is 2.56 bits per heavy atom. The van der Waals surface area contributed by atoms with Crippen molar-refractivity contribution in [1.82, 2.24) is 0 Å². The van der Waals surface area contributed by atoms with Gasteiger partial charge in [-0.2, -0.15) is 0 Å². The lowest BCUT2D eigenvalue weighted by atomic mass is 9.75. The normalized spacial score (nSPS) is 19.4. The van der Waals surface area contributed by atoms with Gasteiger partial charge in [-0.25, -0.2) is 8.78 Å². The Morgan fingerprint density at radius 2 is 2.06 bits per heavy atom. The van der Waals surface area contributed by atoms with Crippen LogP contribution in [0.1, 0.15) is 37.3 Å². The molecule has 0 amide bonds. The van der Waals surface area contributed by atoms with E-state index in [2.05, 4.69) is 15.9 Å². The van der Waals surface area contributed by atoms with Gasteiger partial charge in [-0.05, 0) is 53.7 Å². The minimum Gasteiger partial charge on any atom is -0.378 e. The van der Waals surface area contributed by atoms with Crippen molar-refractivity contribution in [2.75, 3.05) is 7.11 Å². The average Bonchev–Trinajstić information content (AvgIpc) is 2.28. The molecule has 2 rings (SSSR count). The molecule has 5 heteroatoms. The van der Waals surface area contributed by atoms with Crippen LogP contribution in [0.4, 0.5) is 8.78 Å². The summed E-state index contributed by atoms with van der Waals surface area (Å²) in [5, 5.41) is 0. The number of nitrogens with two attached hydrogens (primary N) is 1. The zero-order valence-corrected chi connectivity index (χ0v) is 11.8. The molecule has 1 aliphatic carbocycles. The molecule has 0 radical (unpaired) electrons. The van der Waals surface area contributed by atoms with Crippen molar-refractivity contribution in [3.8, 4) is 0 Å². The summed E-state index contributed by atoms with van der Waals surface area (Å²) in [7, 11) is 1.64. The lowest BCUT2D eigenvalue weighted by Crippen LogP contribution is -2.42. The van der Waals surface area contributed by atoms with Crippen LogP contribution >= 0.6 is 15.9 Å². The largest absolute Gasteiger partial charge is 0.378 e. The Morgan fingerprint density at radius 1 is 1.39 bits per heavy atom. The molecular weight excluding hydrogens is 304 g/mol. The smallest absolute Gasteiger partial charge is 0.137 e. The highest BCUT2D eigenvalue weighted by Crippen LogP contribution is 2.41. The van der Waals surface area contributed by atoms with Gasteiger partial charge >= 0.3 is 0 Å². The molecule has 0 spiro atoms. The Balaban J connectivity index is 2.18. The molecule has 1 fully saturated rings. The van der Waals surface area contributed by atoms with Crippen LogP contribution in [0.25, 0.3) is 0 Å². The van der Waals surface area contributed by atoms with E-state index in [1.54, 1.807) is 7.11 Å². The van der Waals surface area contributed by atoms with Crippen molar-refractivity contribution in [1.29, 1.82) is 0 Å². The number of hydrogen-bond donors (Lipinski definition) is 1. The van der Waals surface area contributed by atoms with Crippen molar-refractivity contribution >= 4 is 15.9 Å². The van der Waals surface area contributed by atoms with Gasteiger partial charge in [0, 0.05) is 18.7 Å². The molecule has 1 atom stereocenters. The fraction of sp³-hybridized carbons (Fsp3) is 0.538. The summed E-state index contributed by atoms with van der Waals surface area (Å²) in [4.78, 5) is 0. The number of methoxy groups -OCH3 is 1. The van der Waals surface area contributed by atoms with Crippen molar-refractivity contribution in [3.05, 3.63) is 33.8 Å². The molecule has 2 nitrogen and oxygen atoms in total. The van der Waals surface area contributed by atoms with Crippen LogP contribution in [-0.2, 0) is 4.74 Å². The van der Waals surface area contributed by atoms with Crippen molar-refractivity contribution in [3.63, 3.8) is 0 Å². The van der Waals surface area contributed by atoms with Gasteiger partial charge < -0.3 is 10.5 Å². The van der Waals surface area contributed by atoms with E-state index < -0.39 is 17.7 Å². The molecule has 100 valence electrons. The summed E-state index contributed by atoms with van der Waals surface area (Å²) >= 11 is 2.95. The number of rotatable bonds is 4. The molecule has 0 heterocycles. The molecule has 18 heavy (non-hydrogen) atoms. The second kappa shape index (κ2) is 5.23. The second-order valence-corrected chi connectivity index (χ2v) is 5.69. The van der Waals surface area contributed by atoms with Gasteiger partial charge in [0.15, 0.2) is 0 Å². The van der Waals surface area contributed by atoms with E-state index in [0.29, 0.717) is 6.42 Å². The van der Waals surface area contributed by atoms with Crippen LogP contribution in [-0.4, -0.2) is 12.7 Å². The van der Waals surface area contributed by atoms with E-state index in [-0.39, 0.29) is 15.6 Å². The SMILES string of the molecule is COC1(CC(N)c2cc(F)c(Br)cc2F)CCC1. The highest BCUT2D eigenvalue weighted by atomic mass is 79.9. The quantitative estimate of drug-likeness (QED) is 0.859. The van der Waals surface area contributed by atoms with Gasteiger partial charge in [0.2, 0.25) is 0 Å². The summed E-state index contributed by atoms with van der Waals surface area (Å²) < 4.78 is 32.8. The second-order valence-electron chi connectivity index (χ2n) is 4.84. The molecule has 1 aromatic carbocycles. The lowest BCUT2D eigenvalue weighted by Gasteiger charge is -2.42. The first-order valence-electron chi connectivity index (χ1n) is 5.92. The first-order chi connectivity index (χ1) is 8.47. The molecule has 0 aromatic heterocycles. The Kier molecular flexibility index (Phi) is 4.04. The Bertz CT molecular complexity index is 443. The summed E-state index contributed by atoms with van der Waals surface area (Å²) in [6.45, 7) is 0. The van der Waals surface area contributed by atoms with Crippen molar-refractivity contribution in [2.45, 2.75) is 37.3 Å². The maximum Gasteiger partial charge on any atom is 0.137 e. The summed E-state index contributed by atoms with van der Waals surface area (Å²) in [6, 6.07) is 1.73. The zero-order chi connectivity index (χ0) is 13.3. The van der Waals surface area contributed by atoms with E-state index in [4.69, 9.17) is 10.5 Å². The third-order valence-corrected chi connectivity index (χ3v) is 4.34. The molecule has 1 saturated carbocycles. The maximum absolute atomic E-state index is 13.8. The van der Waals surface area contributed by atoms with Crippen LogP contribution in [0.5, 0.6) is 0 Å². The number of hydrogen-bond acceptors (Lipinski definition) is 2. The first kappa shape index (κ1) is 13.9. The highest BCUT2D eigenvalue weighted by Gasteiger charge is 2.39. The van der Waals surface area contributed by atoms with Gasteiger partial charge in [0.05, 0.1) is 10.1 Å². The monoisotopic (exact) mass is 319 g/mol. The van der Waals surface area contributed by atoms with E-state index in [1.165, 1.54) is 0 Å². The van der Waals surface area contributed by atoms with Gasteiger partial charge in [-0.3, -0.25) is 0 Å². The molecule has 2 N–H and O–H groups in total. The minimum absolute atomic E-state index is 0.112. The van der Waals surface area contributed by atoms with Crippen molar-refractivity contribution < 1.29 is 13.5 Å². The number of benzene rings is 1. The highest BCUT2D eigenvalue weighted by molar-refractivity contribution is 9.10. The van der Waals surface area contributed by atoms with E-state index >= 15 is 0 Å². The van der Waals surface area contributed by atoms with Gasteiger partial charge in [0.1, 0.15) is 11.6 Å². The molecule has 0 bridgehead atoms.